The minimum atomic E-state index is -3.41. The molecule has 0 radical (unpaired) electrons. The monoisotopic (exact) mass is 260 g/mol. The zero-order valence-electron chi connectivity index (χ0n) is 10.6. The molecule has 1 atom stereocenters. The molecule has 98 valence electrons. The maximum absolute atomic E-state index is 11.9. The minimum absolute atomic E-state index is 0.158. The van der Waals surface area contributed by atoms with Gasteiger partial charge in [-0.3, -0.25) is 4.79 Å². The van der Waals surface area contributed by atoms with Gasteiger partial charge >= 0.3 is 0 Å². The normalized spacial score (nSPS) is 27.7. The molecule has 2 rings (SSSR count). The van der Waals surface area contributed by atoms with Crippen LogP contribution in [0.3, 0.4) is 0 Å². The Balaban J connectivity index is 1.89. The van der Waals surface area contributed by atoms with E-state index in [0.717, 1.165) is 10.8 Å². The highest BCUT2D eigenvalue weighted by Crippen LogP contribution is 2.35. The van der Waals surface area contributed by atoms with Gasteiger partial charge in [-0.1, -0.05) is 6.92 Å². The van der Waals surface area contributed by atoms with Gasteiger partial charge in [0.1, 0.15) is 0 Å². The fourth-order valence-electron chi connectivity index (χ4n) is 1.94. The first-order chi connectivity index (χ1) is 7.76. The largest absolute Gasteiger partial charge is 0.314 e. The van der Waals surface area contributed by atoms with Crippen LogP contribution in [-0.2, 0) is 14.8 Å². The van der Waals surface area contributed by atoms with E-state index in [1.54, 1.807) is 0 Å². The molecule has 0 aromatic rings. The maximum Gasteiger partial charge on any atom is 0.258 e. The zero-order valence-corrected chi connectivity index (χ0v) is 11.4. The summed E-state index contributed by atoms with van der Waals surface area (Å²) in [4.78, 5) is 11.7. The van der Waals surface area contributed by atoms with Crippen LogP contribution in [0.1, 0.15) is 33.6 Å². The van der Waals surface area contributed by atoms with Gasteiger partial charge in [-0.25, -0.2) is 12.7 Å². The number of nitrogens with one attached hydrogen (secondary N) is 1. The lowest BCUT2D eigenvalue weighted by Gasteiger charge is -2.44. The molecule has 0 aromatic heterocycles. The first-order valence-electron chi connectivity index (χ1n) is 6.07. The predicted molar refractivity (Wildman–Crippen MR) is 64.9 cm³/mol. The van der Waals surface area contributed by atoms with E-state index in [4.69, 9.17) is 0 Å². The van der Waals surface area contributed by atoms with Crippen molar-refractivity contribution in [3.8, 4) is 0 Å². The molecule has 1 aliphatic heterocycles. The summed E-state index contributed by atoms with van der Waals surface area (Å²) in [6.07, 6.45) is 2.42. The number of nitrogens with zero attached hydrogens (tertiary/aromatic N) is 1. The average molecular weight is 260 g/mol. The van der Waals surface area contributed by atoms with Crippen molar-refractivity contribution in [1.82, 2.24) is 9.62 Å². The van der Waals surface area contributed by atoms with Crippen molar-refractivity contribution in [3.63, 3.8) is 0 Å². The van der Waals surface area contributed by atoms with Crippen molar-refractivity contribution >= 4 is 15.9 Å². The van der Waals surface area contributed by atoms with Crippen molar-refractivity contribution in [3.05, 3.63) is 0 Å². The molecule has 17 heavy (non-hydrogen) atoms. The Morgan fingerprint density at radius 3 is 2.53 bits per heavy atom. The van der Waals surface area contributed by atoms with Gasteiger partial charge in [-0.15, -0.1) is 0 Å². The van der Waals surface area contributed by atoms with E-state index in [1.807, 2.05) is 6.92 Å². The Morgan fingerprint density at radius 2 is 2.06 bits per heavy atom. The number of amides is 1. The van der Waals surface area contributed by atoms with Gasteiger partial charge in [0, 0.05) is 12.6 Å². The van der Waals surface area contributed by atoms with Gasteiger partial charge < -0.3 is 5.32 Å². The second-order valence-electron chi connectivity index (χ2n) is 5.64. The van der Waals surface area contributed by atoms with Crippen LogP contribution in [-0.4, -0.2) is 42.5 Å². The molecule has 6 heteroatoms. The number of rotatable bonds is 5. The van der Waals surface area contributed by atoms with Crippen LogP contribution in [0.25, 0.3) is 0 Å². The predicted octanol–water partition coefficient (Wildman–Crippen LogP) is 0.325. The number of hydrogen-bond acceptors (Lipinski definition) is 4. The molecular formula is C11H20N2O3S. The van der Waals surface area contributed by atoms with Crippen LogP contribution >= 0.6 is 0 Å². The zero-order chi connectivity index (χ0) is 12.8. The van der Waals surface area contributed by atoms with E-state index in [9.17, 15) is 13.2 Å². The van der Waals surface area contributed by atoms with Gasteiger partial charge in [-0.05, 0) is 39.2 Å². The summed E-state index contributed by atoms with van der Waals surface area (Å²) in [6.45, 7) is 5.96. The van der Waals surface area contributed by atoms with Crippen LogP contribution in [0.5, 0.6) is 0 Å². The lowest BCUT2D eigenvalue weighted by atomic mass is 10.1. The number of carbonyl (C=O) groups is 1. The van der Waals surface area contributed by atoms with E-state index in [2.05, 4.69) is 5.32 Å². The first-order valence-corrected chi connectivity index (χ1v) is 7.51. The van der Waals surface area contributed by atoms with Crippen LogP contribution in [0.4, 0.5) is 0 Å². The topological polar surface area (TPSA) is 66.5 Å². The fourth-order valence-corrected chi connectivity index (χ4v) is 3.59. The lowest BCUT2D eigenvalue weighted by molar-refractivity contribution is -0.132. The Bertz CT molecular complexity index is 426. The molecule has 0 bridgehead atoms. The molecule has 1 aliphatic carbocycles. The summed E-state index contributed by atoms with van der Waals surface area (Å²) >= 11 is 0. The third-order valence-corrected chi connectivity index (χ3v) is 5.85. The summed E-state index contributed by atoms with van der Waals surface area (Å²) in [7, 11) is -3.41. The van der Waals surface area contributed by atoms with Crippen LogP contribution in [0, 0.1) is 5.92 Å². The standard InChI is InChI=1S/C11H20N2O3S/c1-8(6-12-9-4-5-9)7-13-10(14)11(2,3)17(13,15)16/h8-9,12H,4-7H2,1-3H3. The van der Waals surface area contributed by atoms with Crippen molar-refractivity contribution in [2.45, 2.75) is 44.4 Å². The molecule has 0 aromatic carbocycles. The molecule has 5 nitrogen and oxygen atoms in total. The number of sulfonamides is 1. The quantitative estimate of drug-likeness (QED) is 0.773. The Hall–Kier alpha value is -0.620. The smallest absolute Gasteiger partial charge is 0.258 e. The van der Waals surface area contributed by atoms with E-state index in [0.29, 0.717) is 12.6 Å². The minimum Gasteiger partial charge on any atom is -0.314 e. The van der Waals surface area contributed by atoms with Gasteiger partial charge in [-0.2, -0.15) is 0 Å². The van der Waals surface area contributed by atoms with E-state index < -0.39 is 14.8 Å². The second kappa shape index (κ2) is 3.95. The highest BCUT2D eigenvalue weighted by Gasteiger charge is 2.60. The van der Waals surface area contributed by atoms with Gasteiger partial charge in [0.2, 0.25) is 0 Å². The lowest BCUT2D eigenvalue weighted by Crippen LogP contribution is -2.68. The van der Waals surface area contributed by atoms with E-state index in [1.165, 1.54) is 26.7 Å². The Kier molecular flexibility index (Phi) is 2.98. The van der Waals surface area contributed by atoms with Crippen LogP contribution in [0.15, 0.2) is 0 Å². The summed E-state index contributed by atoms with van der Waals surface area (Å²) in [6, 6.07) is 0.609. The van der Waals surface area contributed by atoms with Crippen LogP contribution in [0.2, 0.25) is 0 Å². The van der Waals surface area contributed by atoms with Crippen molar-refractivity contribution < 1.29 is 13.2 Å². The van der Waals surface area contributed by atoms with Crippen molar-refractivity contribution in [2.75, 3.05) is 13.1 Å². The summed E-state index contributed by atoms with van der Waals surface area (Å²) in [5.41, 5.74) is 0. The van der Waals surface area contributed by atoms with Gasteiger partial charge in [0.15, 0.2) is 4.75 Å². The number of carbonyl (C=O) groups excluding carboxylic acids is 1. The van der Waals surface area contributed by atoms with Crippen molar-refractivity contribution in [1.29, 1.82) is 0 Å². The molecule has 1 saturated carbocycles. The molecule has 2 aliphatic rings. The second-order valence-corrected chi connectivity index (χ2v) is 8.05. The molecule has 1 heterocycles. The average Bonchev–Trinajstić information content (AvgIpc) is 3.05. The fraction of sp³-hybridized carbons (Fsp3) is 0.909. The first kappa shape index (κ1) is 12.8. The summed E-state index contributed by atoms with van der Waals surface area (Å²) in [5.74, 6) is -0.124. The SMILES string of the molecule is CC(CNC1CC1)CN1C(=O)C(C)(C)S1(=O)=O. The third kappa shape index (κ3) is 2.08. The van der Waals surface area contributed by atoms with E-state index >= 15 is 0 Å². The molecule has 1 N–H and O–H groups in total. The number of hydrogen-bond donors (Lipinski definition) is 1. The highest BCUT2D eigenvalue weighted by atomic mass is 32.2. The summed E-state index contributed by atoms with van der Waals surface area (Å²) in [5, 5.41) is 3.34. The van der Waals surface area contributed by atoms with Gasteiger partial charge in [0.25, 0.3) is 15.9 Å². The molecule has 1 saturated heterocycles. The highest BCUT2D eigenvalue weighted by molar-refractivity contribution is 7.94. The molecule has 0 spiro atoms. The molecule has 1 unspecified atom stereocenters. The Labute approximate surface area is 103 Å². The van der Waals surface area contributed by atoms with Crippen LogP contribution < -0.4 is 5.32 Å². The third-order valence-electron chi connectivity index (χ3n) is 3.49. The van der Waals surface area contributed by atoms with E-state index in [-0.39, 0.29) is 11.8 Å². The summed E-state index contributed by atoms with van der Waals surface area (Å²) < 4.78 is 23.5. The maximum atomic E-state index is 11.9. The molecular weight excluding hydrogens is 240 g/mol. The van der Waals surface area contributed by atoms with Gasteiger partial charge in [0.05, 0.1) is 0 Å². The molecule has 1 amide bonds. The Morgan fingerprint density at radius 1 is 1.47 bits per heavy atom. The molecule has 2 fully saturated rings. The van der Waals surface area contributed by atoms with Crippen molar-refractivity contribution in [2.24, 2.45) is 5.92 Å².